The summed E-state index contributed by atoms with van der Waals surface area (Å²) in [6.07, 6.45) is 1.25. The van der Waals surface area contributed by atoms with Crippen molar-refractivity contribution >= 4 is 23.4 Å². The number of hydrogen-bond donors (Lipinski definition) is 1. The average Bonchev–Trinajstić information content (AvgIpc) is 3.22. The minimum atomic E-state index is -0.327. The molecule has 7 nitrogen and oxygen atoms in total. The van der Waals surface area contributed by atoms with Gasteiger partial charge in [-0.3, -0.25) is 14.4 Å². The summed E-state index contributed by atoms with van der Waals surface area (Å²) in [6.45, 7) is 5.76. The van der Waals surface area contributed by atoms with Gasteiger partial charge < -0.3 is 19.5 Å². The Morgan fingerprint density at radius 1 is 1.00 bits per heavy atom. The largest absolute Gasteiger partial charge is 0.459 e. The highest BCUT2D eigenvalue weighted by Crippen LogP contribution is 2.23. The molecule has 1 saturated heterocycles. The summed E-state index contributed by atoms with van der Waals surface area (Å²) in [7, 11) is 0. The number of furan rings is 1. The molecule has 1 aliphatic rings. The van der Waals surface area contributed by atoms with E-state index in [1.54, 1.807) is 21.9 Å². The van der Waals surface area contributed by atoms with Gasteiger partial charge in [0.25, 0.3) is 5.91 Å². The molecule has 0 atom stereocenters. The zero-order valence-corrected chi connectivity index (χ0v) is 16.2. The number of carbonyl (C=O) groups excluding carboxylic acids is 3. The smallest absolute Gasteiger partial charge is 0.289 e. The first-order valence-corrected chi connectivity index (χ1v) is 9.45. The fourth-order valence-electron chi connectivity index (χ4n) is 3.27. The van der Waals surface area contributed by atoms with Gasteiger partial charge in [0.05, 0.1) is 6.26 Å². The molecule has 148 valence electrons. The molecule has 1 aromatic heterocycles. The lowest BCUT2D eigenvalue weighted by atomic mass is 10.0. The second-order valence-corrected chi connectivity index (χ2v) is 7.12. The van der Waals surface area contributed by atoms with Crippen LogP contribution in [0.15, 0.2) is 47.1 Å². The first-order valence-electron chi connectivity index (χ1n) is 9.45. The molecule has 1 N–H and O–H groups in total. The van der Waals surface area contributed by atoms with E-state index >= 15 is 0 Å². The number of benzene rings is 1. The van der Waals surface area contributed by atoms with E-state index in [9.17, 15) is 14.4 Å². The minimum Gasteiger partial charge on any atom is -0.459 e. The lowest BCUT2D eigenvalue weighted by molar-refractivity contribution is -0.135. The SMILES string of the molecule is CC(C)c1ccccc1NC(=O)CC(=O)N1CCN(C(=O)c2ccco2)CC1. The number of nitrogens with one attached hydrogen (secondary N) is 1. The molecule has 0 radical (unpaired) electrons. The van der Waals surface area contributed by atoms with Crippen LogP contribution in [0.2, 0.25) is 0 Å². The van der Waals surface area contributed by atoms with Gasteiger partial charge in [-0.2, -0.15) is 0 Å². The van der Waals surface area contributed by atoms with Gasteiger partial charge in [0, 0.05) is 31.9 Å². The number of anilines is 1. The van der Waals surface area contributed by atoms with Crippen molar-refractivity contribution in [1.29, 1.82) is 0 Å². The van der Waals surface area contributed by atoms with Gasteiger partial charge in [-0.15, -0.1) is 0 Å². The van der Waals surface area contributed by atoms with Gasteiger partial charge in [-0.1, -0.05) is 32.0 Å². The normalized spacial score (nSPS) is 14.2. The molecule has 0 saturated carbocycles. The summed E-state index contributed by atoms with van der Waals surface area (Å²) in [5.74, 6) is -0.174. The van der Waals surface area contributed by atoms with Gasteiger partial charge in [0.1, 0.15) is 6.42 Å². The average molecular weight is 383 g/mol. The maximum atomic E-state index is 12.5. The third-order valence-electron chi connectivity index (χ3n) is 4.82. The van der Waals surface area contributed by atoms with Crippen molar-refractivity contribution in [1.82, 2.24) is 9.80 Å². The number of nitrogens with zero attached hydrogens (tertiary/aromatic N) is 2. The topological polar surface area (TPSA) is 82.9 Å². The van der Waals surface area contributed by atoms with Crippen molar-refractivity contribution in [2.45, 2.75) is 26.2 Å². The highest BCUT2D eigenvalue weighted by atomic mass is 16.3. The van der Waals surface area contributed by atoms with E-state index in [4.69, 9.17) is 4.42 Å². The molecular weight excluding hydrogens is 358 g/mol. The Kier molecular flexibility index (Phi) is 6.13. The number of hydrogen-bond acceptors (Lipinski definition) is 4. The molecule has 0 unspecified atom stereocenters. The van der Waals surface area contributed by atoms with Gasteiger partial charge >= 0.3 is 0 Å². The maximum Gasteiger partial charge on any atom is 0.289 e. The third kappa shape index (κ3) is 4.60. The Labute approximate surface area is 164 Å². The Balaban J connectivity index is 1.51. The Bertz CT molecular complexity index is 837. The van der Waals surface area contributed by atoms with Crippen LogP contribution in [-0.2, 0) is 9.59 Å². The predicted molar refractivity (Wildman–Crippen MR) is 105 cm³/mol. The molecule has 0 spiro atoms. The standard InChI is InChI=1S/C21H25N3O4/c1-15(2)16-6-3-4-7-17(16)22-19(25)14-20(26)23-9-11-24(12-10-23)21(27)18-8-5-13-28-18/h3-8,13,15H,9-12,14H2,1-2H3,(H,22,25). The van der Waals surface area contributed by atoms with Crippen LogP contribution in [0.5, 0.6) is 0 Å². The van der Waals surface area contributed by atoms with Crippen molar-refractivity contribution in [3.63, 3.8) is 0 Å². The Morgan fingerprint density at radius 3 is 2.32 bits per heavy atom. The van der Waals surface area contributed by atoms with Crippen molar-refractivity contribution in [3.05, 3.63) is 54.0 Å². The third-order valence-corrected chi connectivity index (χ3v) is 4.82. The molecule has 7 heteroatoms. The maximum absolute atomic E-state index is 12.5. The summed E-state index contributed by atoms with van der Waals surface area (Å²) >= 11 is 0. The summed E-state index contributed by atoms with van der Waals surface area (Å²) < 4.78 is 5.13. The fraction of sp³-hybridized carbons (Fsp3) is 0.381. The number of carbonyl (C=O) groups is 3. The predicted octanol–water partition coefficient (Wildman–Crippen LogP) is 2.72. The molecule has 3 amide bonds. The summed E-state index contributed by atoms with van der Waals surface area (Å²) in [5.41, 5.74) is 1.78. The van der Waals surface area contributed by atoms with Crippen molar-refractivity contribution in [2.24, 2.45) is 0 Å². The minimum absolute atomic E-state index is 0.180. The summed E-state index contributed by atoms with van der Waals surface area (Å²) in [6, 6.07) is 10.9. The van der Waals surface area contributed by atoms with Crippen molar-refractivity contribution in [2.75, 3.05) is 31.5 Å². The quantitative estimate of drug-likeness (QED) is 0.805. The molecule has 0 bridgehead atoms. The van der Waals surface area contributed by atoms with E-state index in [2.05, 4.69) is 19.2 Å². The molecule has 2 heterocycles. The molecule has 3 rings (SSSR count). The monoisotopic (exact) mass is 383 g/mol. The van der Waals surface area contributed by atoms with Crippen LogP contribution in [0.25, 0.3) is 0 Å². The molecule has 2 aromatic rings. The summed E-state index contributed by atoms with van der Waals surface area (Å²) in [5, 5.41) is 2.84. The highest BCUT2D eigenvalue weighted by molar-refractivity contribution is 6.04. The molecule has 1 aromatic carbocycles. The Hall–Kier alpha value is -3.09. The molecule has 1 fully saturated rings. The highest BCUT2D eigenvalue weighted by Gasteiger charge is 2.27. The molecule has 28 heavy (non-hydrogen) atoms. The fourth-order valence-corrected chi connectivity index (χ4v) is 3.27. The van der Waals surface area contributed by atoms with E-state index in [-0.39, 0.29) is 30.1 Å². The number of rotatable bonds is 5. The zero-order chi connectivity index (χ0) is 20.1. The van der Waals surface area contributed by atoms with Crippen LogP contribution in [-0.4, -0.2) is 53.7 Å². The van der Waals surface area contributed by atoms with Crippen molar-refractivity contribution < 1.29 is 18.8 Å². The zero-order valence-electron chi connectivity index (χ0n) is 16.2. The van der Waals surface area contributed by atoms with Crippen LogP contribution in [0.4, 0.5) is 5.69 Å². The second-order valence-electron chi connectivity index (χ2n) is 7.12. The molecule has 1 aliphatic heterocycles. The first-order chi connectivity index (χ1) is 13.5. The van der Waals surface area contributed by atoms with E-state index in [1.165, 1.54) is 6.26 Å². The van der Waals surface area contributed by atoms with E-state index in [0.29, 0.717) is 31.9 Å². The molecular formula is C21H25N3O4. The van der Waals surface area contributed by atoms with Crippen LogP contribution < -0.4 is 5.32 Å². The number of piperazine rings is 1. The lowest BCUT2D eigenvalue weighted by Crippen LogP contribution is -2.51. The van der Waals surface area contributed by atoms with E-state index in [0.717, 1.165) is 11.3 Å². The van der Waals surface area contributed by atoms with Crippen LogP contribution in [0, 0.1) is 0 Å². The van der Waals surface area contributed by atoms with E-state index < -0.39 is 0 Å². The van der Waals surface area contributed by atoms with Gasteiger partial charge in [-0.25, -0.2) is 0 Å². The van der Waals surface area contributed by atoms with Gasteiger partial charge in [-0.05, 0) is 29.7 Å². The van der Waals surface area contributed by atoms with Crippen LogP contribution in [0.1, 0.15) is 42.3 Å². The van der Waals surface area contributed by atoms with Crippen LogP contribution >= 0.6 is 0 Å². The molecule has 0 aliphatic carbocycles. The van der Waals surface area contributed by atoms with Gasteiger partial charge in [0.15, 0.2) is 5.76 Å². The summed E-state index contributed by atoms with van der Waals surface area (Å²) in [4.78, 5) is 40.3. The van der Waals surface area contributed by atoms with Crippen molar-refractivity contribution in [3.8, 4) is 0 Å². The Morgan fingerprint density at radius 2 is 1.68 bits per heavy atom. The second kappa shape index (κ2) is 8.73. The first kappa shape index (κ1) is 19.7. The van der Waals surface area contributed by atoms with Crippen LogP contribution in [0.3, 0.4) is 0 Å². The van der Waals surface area contributed by atoms with E-state index in [1.807, 2.05) is 24.3 Å². The lowest BCUT2D eigenvalue weighted by Gasteiger charge is -2.34. The number of amides is 3. The number of para-hydroxylation sites is 1. The van der Waals surface area contributed by atoms with Gasteiger partial charge in [0.2, 0.25) is 11.8 Å².